The second kappa shape index (κ2) is 5.38. The topological polar surface area (TPSA) is 32.3 Å². The Balaban J connectivity index is 1.98. The van der Waals surface area contributed by atoms with E-state index in [1.165, 1.54) is 25.7 Å². The van der Waals surface area contributed by atoms with Crippen LogP contribution in [0.3, 0.4) is 0 Å². The van der Waals surface area contributed by atoms with E-state index in [1.807, 2.05) is 7.05 Å². The fourth-order valence-corrected chi connectivity index (χ4v) is 3.32. The summed E-state index contributed by atoms with van der Waals surface area (Å²) in [6, 6.07) is 0.500. The van der Waals surface area contributed by atoms with Gasteiger partial charge in [0.15, 0.2) is 0 Å². The lowest BCUT2D eigenvalue weighted by atomic mass is 9.74. The molecule has 0 aromatic carbocycles. The molecule has 1 saturated heterocycles. The summed E-state index contributed by atoms with van der Waals surface area (Å²) in [5.41, 5.74) is -0.0616. The van der Waals surface area contributed by atoms with E-state index in [4.69, 9.17) is 0 Å². The standard InChI is InChI=1S/C14H26N2O/c1-14(8-4-3-5-9-14)13(17)16-10-6-7-12(11-16)15-2/h12,15H,3-11H2,1-2H3. The van der Waals surface area contributed by atoms with Gasteiger partial charge >= 0.3 is 0 Å². The summed E-state index contributed by atoms with van der Waals surface area (Å²) >= 11 is 0. The van der Waals surface area contributed by atoms with E-state index in [9.17, 15) is 4.79 Å². The number of nitrogens with one attached hydrogen (secondary N) is 1. The van der Waals surface area contributed by atoms with Gasteiger partial charge in [0.1, 0.15) is 0 Å². The van der Waals surface area contributed by atoms with Gasteiger partial charge in [0.25, 0.3) is 0 Å². The van der Waals surface area contributed by atoms with Crippen molar-refractivity contribution in [2.24, 2.45) is 5.41 Å². The van der Waals surface area contributed by atoms with Gasteiger partial charge in [0, 0.05) is 24.5 Å². The van der Waals surface area contributed by atoms with Crippen molar-refractivity contribution in [1.29, 1.82) is 0 Å². The Bertz CT molecular complexity index is 271. The zero-order valence-electron chi connectivity index (χ0n) is 11.3. The van der Waals surface area contributed by atoms with Crippen LogP contribution in [-0.2, 0) is 4.79 Å². The average molecular weight is 238 g/mol. The maximum Gasteiger partial charge on any atom is 0.228 e. The van der Waals surface area contributed by atoms with Crippen molar-refractivity contribution in [2.75, 3.05) is 20.1 Å². The van der Waals surface area contributed by atoms with E-state index in [-0.39, 0.29) is 5.41 Å². The number of amides is 1. The van der Waals surface area contributed by atoms with Crippen LogP contribution in [0.5, 0.6) is 0 Å². The molecule has 0 radical (unpaired) electrons. The molecule has 0 spiro atoms. The third kappa shape index (κ3) is 2.82. The first-order chi connectivity index (χ1) is 8.15. The highest BCUT2D eigenvalue weighted by Gasteiger charge is 2.38. The van der Waals surface area contributed by atoms with Crippen molar-refractivity contribution >= 4 is 5.91 Å². The molecule has 0 aromatic heterocycles. The smallest absolute Gasteiger partial charge is 0.228 e. The number of likely N-dealkylation sites (N-methyl/N-ethyl adjacent to an activating group) is 1. The molecule has 1 unspecified atom stereocenters. The van der Waals surface area contributed by atoms with Gasteiger partial charge in [-0.3, -0.25) is 4.79 Å². The van der Waals surface area contributed by atoms with Gasteiger partial charge in [-0.2, -0.15) is 0 Å². The lowest BCUT2D eigenvalue weighted by molar-refractivity contribution is -0.144. The van der Waals surface area contributed by atoms with Gasteiger partial charge in [-0.1, -0.05) is 26.2 Å². The Hall–Kier alpha value is -0.570. The first-order valence-corrected chi connectivity index (χ1v) is 7.12. The van der Waals surface area contributed by atoms with Crippen LogP contribution in [0.25, 0.3) is 0 Å². The van der Waals surface area contributed by atoms with Crippen LogP contribution in [0.4, 0.5) is 0 Å². The highest BCUT2D eigenvalue weighted by molar-refractivity contribution is 5.82. The van der Waals surface area contributed by atoms with E-state index < -0.39 is 0 Å². The second-order valence-electron chi connectivity index (χ2n) is 6.00. The van der Waals surface area contributed by atoms with Crippen molar-refractivity contribution in [1.82, 2.24) is 10.2 Å². The molecule has 3 heteroatoms. The Morgan fingerprint density at radius 1 is 1.24 bits per heavy atom. The second-order valence-corrected chi connectivity index (χ2v) is 6.00. The van der Waals surface area contributed by atoms with Crippen LogP contribution < -0.4 is 5.32 Å². The minimum absolute atomic E-state index is 0.0616. The summed E-state index contributed by atoms with van der Waals surface area (Å²) < 4.78 is 0. The normalized spacial score (nSPS) is 29.1. The maximum atomic E-state index is 12.6. The molecule has 1 N–H and O–H groups in total. The molecule has 2 rings (SSSR count). The molecule has 2 fully saturated rings. The van der Waals surface area contributed by atoms with E-state index in [0.29, 0.717) is 11.9 Å². The molecule has 0 bridgehead atoms. The lowest BCUT2D eigenvalue weighted by Crippen LogP contribution is -2.51. The van der Waals surface area contributed by atoms with E-state index in [2.05, 4.69) is 17.1 Å². The fourth-order valence-electron chi connectivity index (χ4n) is 3.32. The number of hydrogen-bond acceptors (Lipinski definition) is 2. The van der Waals surface area contributed by atoms with Gasteiger partial charge in [0.2, 0.25) is 5.91 Å². The zero-order chi connectivity index (χ0) is 12.3. The largest absolute Gasteiger partial charge is 0.341 e. The van der Waals surface area contributed by atoms with Gasteiger partial charge < -0.3 is 10.2 Å². The summed E-state index contributed by atoms with van der Waals surface area (Å²) in [5.74, 6) is 0.414. The molecule has 3 nitrogen and oxygen atoms in total. The average Bonchev–Trinajstić information content (AvgIpc) is 2.39. The van der Waals surface area contributed by atoms with Crippen LogP contribution in [0.2, 0.25) is 0 Å². The fraction of sp³-hybridized carbons (Fsp3) is 0.929. The van der Waals surface area contributed by atoms with Crippen LogP contribution in [0.1, 0.15) is 51.9 Å². The van der Waals surface area contributed by atoms with Crippen molar-refractivity contribution < 1.29 is 4.79 Å². The van der Waals surface area contributed by atoms with Gasteiger partial charge in [-0.05, 0) is 32.7 Å². The van der Waals surface area contributed by atoms with Crippen LogP contribution in [0, 0.1) is 5.41 Å². The van der Waals surface area contributed by atoms with E-state index in [1.54, 1.807) is 0 Å². The molecule has 1 saturated carbocycles. The molecule has 1 aliphatic carbocycles. The maximum absolute atomic E-state index is 12.6. The van der Waals surface area contributed by atoms with Gasteiger partial charge in [0.05, 0.1) is 0 Å². The third-order valence-corrected chi connectivity index (χ3v) is 4.59. The van der Waals surface area contributed by atoms with Gasteiger partial charge in [-0.25, -0.2) is 0 Å². The predicted octanol–water partition coefficient (Wildman–Crippen LogP) is 2.17. The molecule has 1 amide bonds. The first kappa shape index (κ1) is 12.9. The van der Waals surface area contributed by atoms with Crippen molar-refractivity contribution in [3.8, 4) is 0 Å². The first-order valence-electron chi connectivity index (χ1n) is 7.12. The Morgan fingerprint density at radius 2 is 1.94 bits per heavy atom. The molecule has 17 heavy (non-hydrogen) atoms. The molecular weight excluding hydrogens is 212 g/mol. The quantitative estimate of drug-likeness (QED) is 0.799. The summed E-state index contributed by atoms with van der Waals surface area (Å²) in [7, 11) is 2.00. The lowest BCUT2D eigenvalue weighted by Gasteiger charge is -2.40. The van der Waals surface area contributed by atoms with Crippen LogP contribution >= 0.6 is 0 Å². The Morgan fingerprint density at radius 3 is 2.59 bits per heavy atom. The molecular formula is C14H26N2O. The van der Waals surface area contributed by atoms with E-state index >= 15 is 0 Å². The number of carbonyl (C=O) groups is 1. The van der Waals surface area contributed by atoms with Gasteiger partial charge in [-0.15, -0.1) is 0 Å². The van der Waals surface area contributed by atoms with Crippen molar-refractivity contribution in [3.63, 3.8) is 0 Å². The molecule has 1 atom stereocenters. The Kier molecular flexibility index (Phi) is 4.08. The third-order valence-electron chi connectivity index (χ3n) is 4.59. The number of piperidine rings is 1. The van der Waals surface area contributed by atoms with Crippen LogP contribution in [0.15, 0.2) is 0 Å². The number of carbonyl (C=O) groups excluding carboxylic acids is 1. The summed E-state index contributed by atoms with van der Waals surface area (Å²) in [5, 5.41) is 3.31. The summed E-state index contributed by atoms with van der Waals surface area (Å²) in [4.78, 5) is 14.7. The number of hydrogen-bond donors (Lipinski definition) is 1. The number of nitrogens with zero attached hydrogens (tertiary/aromatic N) is 1. The zero-order valence-corrected chi connectivity index (χ0v) is 11.3. The van der Waals surface area contributed by atoms with Crippen LogP contribution in [-0.4, -0.2) is 37.0 Å². The van der Waals surface area contributed by atoms with Crippen molar-refractivity contribution in [2.45, 2.75) is 57.9 Å². The Labute approximate surface area is 105 Å². The summed E-state index contributed by atoms with van der Waals surface area (Å²) in [6.07, 6.45) is 8.29. The molecule has 0 aromatic rings. The SMILES string of the molecule is CNC1CCCN(C(=O)C2(C)CCCCC2)C1. The monoisotopic (exact) mass is 238 g/mol. The molecule has 2 aliphatic rings. The molecule has 1 heterocycles. The molecule has 98 valence electrons. The van der Waals surface area contributed by atoms with Crippen molar-refractivity contribution in [3.05, 3.63) is 0 Å². The molecule has 1 aliphatic heterocycles. The minimum atomic E-state index is -0.0616. The number of rotatable bonds is 2. The predicted molar refractivity (Wildman–Crippen MR) is 69.9 cm³/mol. The highest BCUT2D eigenvalue weighted by atomic mass is 16.2. The minimum Gasteiger partial charge on any atom is -0.341 e. The number of likely N-dealkylation sites (tertiary alicyclic amines) is 1. The summed E-state index contributed by atoms with van der Waals surface area (Å²) in [6.45, 7) is 4.05. The highest BCUT2D eigenvalue weighted by Crippen LogP contribution is 2.37. The van der Waals surface area contributed by atoms with E-state index in [0.717, 1.165) is 32.4 Å².